The molecule has 28 heavy (non-hydrogen) atoms. The number of benzene rings is 1. The van der Waals surface area contributed by atoms with E-state index in [0.717, 1.165) is 11.1 Å². The molecule has 0 bridgehead atoms. The maximum atomic E-state index is 12.6. The number of anilines is 1. The number of nitrogens with one attached hydrogen (secondary N) is 1. The zero-order chi connectivity index (χ0) is 19.9. The van der Waals surface area contributed by atoms with Gasteiger partial charge in [-0.3, -0.25) is 15.5 Å². The Bertz CT molecular complexity index is 1010. The van der Waals surface area contributed by atoms with Crippen LogP contribution in [0.25, 0.3) is 0 Å². The normalized spacial score (nSPS) is 25.6. The van der Waals surface area contributed by atoms with Crippen molar-refractivity contribution in [1.29, 1.82) is 0 Å². The quantitative estimate of drug-likeness (QED) is 0.479. The molecule has 1 aromatic heterocycles. The Kier molecular flexibility index (Phi) is 4.26. The van der Waals surface area contributed by atoms with Crippen LogP contribution in [0, 0.1) is 15.5 Å². The number of ether oxygens (including phenoxy) is 1. The molecule has 1 aliphatic heterocycles. The number of carbonyl (C=O) groups excluding carboxylic acids is 1. The van der Waals surface area contributed by atoms with E-state index in [9.17, 15) is 14.9 Å². The lowest BCUT2D eigenvalue weighted by atomic mass is 9.68. The highest BCUT2D eigenvalue weighted by atomic mass is 16.6. The zero-order valence-corrected chi connectivity index (χ0v) is 15.5. The third-order valence-electron chi connectivity index (χ3n) is 5.53. The average molecular weight is 381 g/mol. The molecule has 0 unspecified atom stereocenters. The summed E-state index contributed by atoms with van der Waals surface area (Å²) in [5, 5.41) is 15.5. The first-order chi connectivity index (χ1) is 13.4. The monoisotopic (exact) mass is 381 g/mol. The molecule has 1 N–H and O–H groups in total. The van der Waals surface area contributed by atoms with Crippen molar-refractivity contribution in [2.45, 2.75) is 32.8 Å². The van der Waals surface area contributed by atoms with Crippen LogP contribution in [0.4, 0.5) is 11.4 Å². The Hall–Kier alpha value is -3.42. The number of hydrazone groups is 1. The minimum atomic E-state index is -0.469. The van der Waals surface area contributed by atoms with Gasteiger partial charge in [-0.1, -0.05) is 19.1 Å². The highest BCUT2D eigenvalue weighted by Gasteiger charge is 2.53. The van der Waals surface area contributed by atoms with Crippen molar-refractivity contribution in [3.63, 3.8) is 0 Å². The third kappa shape index (κ3) is 2.77. The van der Waals surface area contributed by atoms with Gasteiger partial charge in [0.25, 0.3) is 5.69 Å². The number of rotatable bonds is 4. The lowest BCUT2D eigenvalue weighted by molar-refractivity contribution is -0.384. The summed E-state index contributed by atoms with van der Waals surface area (Å²) in [6, 6.07) is 8.11. The Morgan fingerprint density at radius 1 is 1.32 bits per heavy atom. The Balaban J connectivity index is 1.67. The fourth-order valence-corrected chi connectivity index (χ4v) is 4.06. The van der Waals surface area contributed by atoms with E-state index in [1.54, 1.807) is 36.8 Å². The molecule has 0 spiro atoms. The summed E-state index contributed by atoms with van der Waals surface area (Å²) in [5.41, 5.74) is 5.43. The van der Waals surface area contributed by atoms with Crippen LogP contribution < -0.4 is 5.43 Å². The van der Waals surface area contributed by atoms with Gasteiger partial charge in [0.05, 0.1) is 28.7 Å². The summed E-state index contributed by atoms with van der Waals surface area (Å²) >= 11 is 0. The molecule has 0 radical (unpaired) electrons. The van der Waals surface area contributed by atoms with Gasteiger partial charge < -0.3 is 9.15 Å². The minimum Gasteiger partial charge on any atom is -0.472 e. The van der Waals surface area contributed by atoms with Crippen molar-refractivity contribution < 1.29 is 18.9 Å². The van der Waals surface area contributed by atoms with E-state index in [2.05, 4.69) is 10.5 Å². The van der Waals surface area contributed by atoms with Crippen molar-refractivity contribution in [3.05, 3.63) is 69.7 Å². The second-order valence-electron chi connectivity index (χ2n) is 7.20. The molecule has 4 rings (SSSR count). The number of carbonyl (C=O) groups is 1. The van der Waals surface area contributed by atoms with Crippen LogP contribution in [0.5, 0.6) is 0 Å². The zero-order valence-electron chi connectivity index (χ0n) is 15.5. The van der Waals surface area contributed by atoms with Gasteiger partial charge in [0.2, 0.25) is 0 Å². The van der Waals surface area contributed by atoms with Crippen LogP contribution in [0.3, 0.4) is 0 Å². The Morgan fingerprint density at radius 3 is 2.82 bits per heavy atom. The fourth-order valence-electron chi connectivity index (χ4n) is 4.06. The van der Waals surface area contributed by atoms with Crippen LogP contribution in [-0.4, -0.2) is 16.6 Å². The molecular formula is C20H19N3O5. The van der Waals surface area contributed by atoms with Crippen LogP contribution >= 0.6 is 0 Å². The largest absolute Gasteiger partial charge is 0.472 e. The number of hydrogen-bond acceptors (Lipinski definition) is 7. The number of nitro groups is 1. The van der Waals surface area contributed by atoms with Crippen LogP contribution in [0.2, 0.25) is 0 Å². The number of para-hydroxylation sites is 2. The molecule has 1 aliphatic carbocycles. The van der Waals surface area contributed by atoms with Gasteiger partial charge in [0.1, 0.15) is 11.8 Å². The number of furan rings is 1. The highest BCUT2D eigenvalue weighted by molar-refractivity contribution is 6.09. The lowest BCUT2D eigenvalue weighted by Gasteiger charge is -2.33. The molecule has 8 nitrogen and oxygen atoms in total. The minimum absolute atomic E-state index is 0.0573. The van der Waals surface area contributed by atoms with Gasteiger partial charge in [-0.15, -0.1) is 0 Å². The molecule has 2 aromatic rings. The topological polar surface area (TPSA) is 107 Å². The molecule has 0 saturated carbocycles. The van der Waals surface area contributed by atoms with Crippen LogP contribution in [0.1, 0.15) is 38.4 Å². The lowest BCUT2D eigenvalue weighted by Crippen LogP contribution is -2.30. The summed E-state index contributed by atoms with van der Waals surface area (Å²) in [4.78, 5) is 23.3. The Morgan fingerprint density at radius 2 is 2.11 bits per heavy atom. The number of cyclic esters (lactones) is 1. The van der Waals surface area contributed by atoms with Crippen LogP contribution in [0.15, 0.2) is 63.5 Å². The van der Waals surface area contributed by atoms with Crippen molar-refractivity contribution in [3.8, 4) is 0 Å². The fraction of sp³-hybridized carbons (Fsp3) is 0.300. The second-order valence-corrected chi connectivity index (χ2v) is 7.20. The van der Waals surface area contributed by atoms with E-state index >= 15 is 0 Å². The molecule has 2 aliphatic rings. The van der Waals surface area contributed by atoms with Gasteiger partial charge in [-0.05, 0) is 37.5 Å². The first kappa shape index (κ1) is 18.0. The summed E-state index contributed by atoms with van der Waals surface area (Å²) in [5.74, 6) is -0.357. The highest BCUT2D eigenvalue weighted by Crippen LogP contribution is 2.55. The van der Waals surface area contributed by atoms with E-state index in [-0.39, 0.29) is 11.7 Å². The predicted molar refractivity (Wildman–Crippen MR) is 102 cm³/mol. The Labute approximate surface area is 161 Å². The second kappa shape index (κ2) is 6.63. The first-order valence-corrected chi connectivity index (χ1v) is 8.92. The van der Waals surface area contributed by atoms with Crippen molar-refractivity contribution in [1.82, 2.24) is 0 Å². The smallest absolute Gasteiger partial charge is 0.335 e. The molecule has 144 valence electrons. The molecule has 1 fully saturated rings. The van der Waals surface area contributed by atoms with Crippen LogP contribution in [-0.2, 0) is 9.53 Å². The van der Waals surface area contributed by atoms with E-state index in [1.807, 2.05) is 13.8 Å². The summed E-state index contributed by atoms with van der Waals surface area (Å²) in [6.07, 6.45) is 4.05. The maximum Gasteiger partial charge on any atom is 0.335 e. The summed E-state index contributed by atoms with van der Waals surface area (Å²) in [6.45, 7) is 3.85. The number of nitrogens with zero attached hydrogens (tertiary/aromatic N) is 2. The van der Waals surface area contributed by atoms with Gasteiger partial charge in [0, 0.05) is 17.0 Å². The van der Waals surface area contributed by atoms with Crippen molar-refractivity contribution in [2.75, 3.05) is 5.43 Å². The molecule has 2 atom stereocenters. The van der Waals surface area contributed by atoms with Gasteiger partial charge in [-0.2, -0.15) is 5.10 Å². The van der Waals surface area contributed by atoms with Crippen molar-refractivity contribution in [2.24, 2.45) is 10.5 Å². The number of nitro benzene ring substituents is 1. The predicted octanol–water partition coefficient (Wildman–Crippen LogP) is 4.37. The third-order valence-corrected chi connectivity index (χ3v) is 5.53. The van der Waals surface area contributed by atoms with E-state index < -0.39 is 16.4 Å². The van der Waals surface area contributed by atoms with E-state index in [1.165, 1.54) is 6.07 Å². The summed E-state index contributed by atoms with van der Waals surface area (Å²) < 4.78 is 10.8. The molecule has 8 heteroatoms. The van der Waals surface area contributed by atoms with E-state index in [4.69, 9.17) is 9.15 Å². The average Bonchev–Trinajstić information content (AvgIpc) is 3.28. The number of allylic oxidation sites excluding steroid dienone is 1. The summed E-state index contributed by atoms with van der Waals surface area (Å²) in [7, 11) is 0. The molecular weight excluding hydrogens is 362 g/mol. The maximum absolute atomic E-state index is 12.6. The van der Waals surface area contributed by atoms with Crippen molar-refractivity contribution >= 4 is 23.1 Å². The number of hydrogen-bond donors (Lipinski definition) is 1. The standard InChI is InChI=1S/C20H19N3O5/c1-12-14(21-22-15-5-3-4-6-16(15)23(25)26)7-9-20(2)17(12)19(24)28-18(20)13-8-10-27-11-13/h3-6,8,10-11,18,22H,7,9H2,1-2H3/b21-14+/t18-,20+/m0/s1. The van der Waals surface area contributed by atoms with E-state index in [0.29, 0.717) is 29.8 Å². The SMILES string of the molecule is CC1=C2C(=O)O[C@@H](c3ccoc3)[C@]2(C)CC/C1=N\Nc1ccccc1[N+](=O)[O-]. The number of esters is 1. The molecule has 0 amide bonds. The van der Waals surface area contributed by atoms with Gasteiger partial charge >= 0.3 is 5.97 Å². The molecule has 1 aromatic carbocycles. The van der Waals surface area contributed by atoms with Gasteiger partial charge in [-0.25, -0.2) is 4.79 Å². The first-order valence-electron chi connectivity index (χ1n) is 8.92. The molecule has 1 saturated heterocycles. The molecule has 2 heterocycles. The van der Waals surface area contributed by atoms with Gasteiger partial charge in [0.15, 0.2) is 0 Å². The number of fused-ring (bicyclic) bond motifs is 1.